The maximum absolute atomic E-state index is 4.64. The Morgan fingerprint density at radius 2 is 1.57 bits per heavy atom. The monoisotopic (exact) mass is 297 g/mol. The first kappa shape index (κ1) is 12.5. The Morgan fingerprint density at radius 3 is 2.48 bits per heavy atom. The quantitative estimate of drug-likeness (QED) is 0.483. The molecule has 0 aliphatic carbocycles. The van der Waals surface area contributed by atoms with E-state index >= 15 is 0 Å². The van der Waals surface area contributed by atoms with Crippen molar-refractivity contribution in [1.29, 1.82) is 0 Å². The minimum absolute atomic E-state index is 0.814. The molecule has 3 heterocycles. The number of hydrogen-bond acceptors (Lipinski definition) is 1. The molecular formula is C20H15N3. The van der Waals surface area contributed by atoms with Crippen molar-refractivity contribution in [2.75, 3.05) is 0 Å². The fourth-order valence-corrected chi connectivity index (χ4v) is 3.42. The van der Waals surface area contributed by atoms with Gasteiger partial charge in [-0.25, -0.2) is 0 Å². The first-order valence-corrected chi connectivity index (χ1v) is 7.79. The lowest BCUT2D eigenvalue weighted by Crippen LogP contribution is -1.92. The van der Waals surface area contributed by atoms with Gasteiger partial charge in [-0.2, -0.15) is 0 Å². The van der Waals surface area contributed by atoms with Crippen LogP contribution >= 0.6 is 0 Å². The van der Waals surface area contributed by atoms with Gasteiger partial charge < -0.3 is 9.97 Å². The summed E-state index contributed by atoms with van der Waals surface area (Å²) in [6.07, 6.45) is 4.81. The molecule has 0 saturated carbocycles. The van der Waals surface area contributed by atoms with Gasteiger partial charge in [0.1, 0.15) is 0 Å². The summed E-state index contributed by atoms with van der Waals surface area (Å²) in [6, 6.07) is 18.9. The van der Waals surface area contributed by atoms with E-state index in [4.69, 9.17) is 0 Å². The molecule has 0 aliphatic heterocycles. The molecule has 0 bridgehead atoms. The van der Waals surface area contributed by atoms with Gasteiger partial charge in [-0.15, -0.1) is 0 Å². The number of nitrogens with zero attached hydrogens (tertiary/aromatic N) is 1. The largest absolute Gasteiger partial charge is 0.361 e. The summed E-state index contributed by atoms with van der Waals surface area (Å²) in [6.45, 7) is 0. The molecule has 0 aliphatic rings. The number of pyridine rings is 1. The van der Waals surface area contributed by atoms with Crippen LogP contribution in [0, 0.1) is 0 Å². The number of nitrogens with one attached hydrogen (secondary N) is 2. The standard InChI is InChI=1S/C20H15N3/c1-3-7-17-14(5-1)13(12-22-17)11-19-20-16(9-10-21-19)15-6-2-4-8-18(15)23-20/h1-10,12,22-23H,11H2. The Kier molecular flexibility index (Phi) is 2.56. The minimum Gasteiger partial charge on any atom is -0.361 e. The molecule has 5 rings (SSSR count). The zero-order valence-electron chi connectivity index (χ0n) is 12.5. The van der Waals surface area contributed by atoms with Crippen LogP contribution in [0.3, 0.4) is 0 Å². The normalized spacial score (nSPS) is 11.7. The average Bonchev–Trinajstić information content (AvgIpc) is 3.17. The molecule has 23 heavy (non-hydrogen) atoms. The lowest BCUT2D eigenvalue weighted by atomic mass is 10.1. The van der Waals surface area contributed by atoms with Crippen LogP contribution in [0.4, 0.5) is 0 Å². The second kappa shape index (κ2) is 4.71. The number of aromatic nitrogens is 3. The number of para-hydroxylation sites is 2. The first-order chi connectivity index (χ1) is 11.4. The van der Waals surface area contributed by atoms with Crippen molar-refractivity contribution in [2.45, 2.75) is 6.42 Å². The van der Waals surface area contributed by atoms with Crippen molar-refractivity contribution >= 4 is 32.7 Å². The summed E-state index contributed by atoms with van der Waals surface area (Å²) in [4.78, 5) is 11.5. The number of aromatic amines is 2. The topological polar surface area (TPSA) is 44.5 Å². The Bertz CT molecular complexity index is 1150. The molecule has 0 spiro atoms. The molecule has 5 aromatic rings. The van der Waals surface area contributed by atoms with Crippen molar-refractivity contribution in [1.82, 2.24) is 15.0 Å². The van der Waals surface area contributed by atoms with Crippen molar-refractivity contribution in [3.8, 4) is 0 Å². The first-order valence-electron chi connectivity index (χ1n) is 7.79. The number of hydrogen-bond donors (Lipinski definition) is 2. The van der Waals surface area contributed by atoms with E-state index in [-0.39, 0.29) is 0 Å². The van der Waals surface area contributed by atoms with E-state index in [0.29, 0.717) is 0 Å². The maximum Gasteiger partial charge on any atom is 0.0689 e. The number of H-pyrrole nitrogens is 2. The third-order valence-electron chi connectivity index (χ3n) is 4.54. The predicted octanol–water partition coefficient (Wildman–Crippen LogP) is 4.79. The van der Waals surface area contributed by atoms with Crippen molar-refractivity contribution < 1.29 is 0 Å². The van der Waals surface area contributed by atoms with Crippen LogP contribution in [0.25, 0.3) is 32.7 Å². The summed E-state index contributed by atoms with van der Waals surface area (Å²) in [5.41, 5.74) is 5.84. The van der Waals surface area contributed by atoms with E-state index in [1.807, 2.05) is 6.20 Å². The van der Waals surface area contributed by atoms with E-state index in [2.05, 4.69) is 75.7 Å². The number of fused-ring (bicyclic) bond motifs is 4. The molecule has 0 amide bonds. The van der Waals surface area contributed by atoms with Gasteiger partial charge in [-0.3, -0.25) is 4.98 Å². The molecule has 0 atom stereocenters. The molecule has 0 saturated heterocycles. The van der Waals surface area contributed by atoms with Crippen LogP contribution in [0.15, 0.2) is 67.0 Å². The highest BCUT2D eigenvalue weighted by Gasteiger charge is 2.11. The number of benzene rings is 2. The number of rotatable bonds is 2. The van der Waals surface area contributed by atoms with Crippen molar-refractivity contribution in [3.05, 3.63) is 78.2 Å². The Hall–Kier alpha value is -3.07. The Morgan fingerprint density at radius 1 is 0.783 bits per heavy atom. The van der Waals surface area contributed by atoms with Gasteiger partial charge >= 0.3 is 0 Å². The molecule has 0 unspecified atom stereocenters. The van der Waals surface area contributed by atoms with Crippen LogP contribution < -0.4 is 0 Å². The van der Waals surface area contributed by atoms with Crippen LogP contribution in [0.5, 0.6) is 0 Å². The zero-order valence-corrected chi connectivity index (χ0v) is 12.5. The highest BCUT2D eigenvalue weighted by atomic mass is 14.8. The predicted molar refractivity (Wildman–Crippen MR) is 94.7 cm³/mol. The van der Waals surface area contributed by atoms with Gasteiger partial charge in [0.25, 0.3) is 0 Å². The van der Waals surface area contributed by atoms with Gasteiger partial charge in [0.05, 0.1) is 11.2 Å². The molecule has 0 radical (unpaired) electrons. The highest BCUT2D eigenvalue weighted by molar-refractivity contribution is 6.07. The third kappa shape index (κ3) is 1.87. The minimum atomic E-state index is 0.814. The van der Waals surface area contributed by atoms with Crippen LogP contribution in [0.2, 0.25) is 0 Å². The Balaban J connectivity index is 1.71. The fourth-order valence-electron chi connectivity index (χ4n) is 3.42. The third-order valence-corrected chi connectivity index (χ3v) is 4.54. The lowest BCUT2D eigenvalue weighted by molar-refractivity contribution is 1.10. The van der Waals surface area contributed by atoms with Gasteiger partial charge in [0.2, 0.25) is 0 Å². The van der Waals surface area contributed by atoms with E-state index in [0.717, 1.165) is 23.1 Å². The van der Waals surface area contributed by atoms with Gasteiger partial charge in [-0.05, 0) is 23.8 Å². The zero-order chi connectivity index (χ0) is 15.2. The van der Waals surface area contributed by atoms with E-state index in [1.54, 1.807) is 0 Å². The van der Waals surface area contributed by atoms with E-state index in [1.165, 1.54) is 27.2 Å². The summed E-state index contributed by atoms with van der Waals surface area (Å²) < 4.78 is 0. The lowest BCUT2D eigenvalue weighted by Gasteiger charge is -2.02. The average molecular weight is 297 g/mol. The second-order valence-corrected chi connectivity index (χ2v) is 5.89. The van der Waals surface area contributed by atoms with Crippen molar-refractivity contribution in [3.63, 3.8) is 0 Å². The maximum atomic E-state index is 4.64. The van der Waals surface area contributed by atoms with Crippen molar-refractivity contribution in [2.24, 2.45) is 0 Å². The molecule has 3 nitrogen and oxygen atoms in total. The highest BCUT2D eigenvalue weighted by Crippen LogP contribution is 2.28. The second-order valence-electron chi connectivity index (χ2n) is 5.89. The molecular weight excluding hydrogens is 282 g/mol. The summed E-state index contributed by atoms with van der Waals surface area (Å²) in [7, 11) is 0. The van der Waals surface area contributed by atoms with Gasteiger partial charge in [-0.1, -0.05) is 36.4 Å². The van der Waals surface area contributed by atoms with Gasteiger partial charge in [0, 0.05) is 46.0 Å². The fraction of sp³-hybridized carbons (Fsp3) is 0.0500. The molecule has 110 valence electrons. The molecule has 2 N–H and O–H groups in total. The van der Waals surface area contributed by atoms with E-state index in [9.17, 15) is 0 Å². The molecule has 2 aromatic carbocycles. The van der Waals surface area contributed by atoms with Crippen LogP contribution in [-0.4, -0.2) is 15.0 Å². The summed E-state index contributed by atoms with van der Waals surface area (Å²) in [5, 5.41) is 3.76. The molecule has 3 heteroatoms. The van der Waals surface area contributed by atoms with E-state index < -0.39 is 0 Å². The smallest absolute Gasteiger partial charge is 0.0689 e. The van der Waals surface area contributed by atoms with Crippen LogP contribution in [0.1, 0.15) is 11.3 Å². The SMILES string of the molecule is c1ccc2c(Cc3nccc4c3[nH]c3ccccc34)c[nH]c2c1. The summed E-state index contributed by atoms with van der Waals surface area (Å²) >= 11 is 0. The Labute approximate surface area is 133 Å². The summed E-state index contributed by atoms with van der Waals surface area (Å²) in [5.74, 6) is 0. The van der Waals surface area contributed by atoms with Crippen LogP contribution in [-0.2, 0) is 6.42 Å². The van der Waals surface area contributed by atoms with Gasteiger partial charge in [0.15, 0.2) is 0 Å². The molecule has 0 fully saturated rings. The molecule has 3 aromatic heterocycles.